The highest BCUT2D eigenvalue weighted by Gasteiger charge is 2.35. The first-order chi connectivity index (χ1) is 6.22. The van der Waals surface area contributed by atoms with E-state index in [4.69, 9.17) is 14.2 Å². The monoisotopic (exact) mass is 186 g/mol. The molecule has 0 aliphatic heterocycles. The van der Waals surface area contributed by atoms with Crippen molar-refractivity contribution in [3.8, 4) is 0 Å². The molecule has 0 amide bonds. The maximum Gasteiger partial charge on any atom is 0.110 e. The Balaban J connectivity index is 2.67. The van der Waals surface area contributed by atoms with Crippen molar-refractivity contribution in [2.45, 2.75) is 31.2 Å². The molecule has 1 saturated carbocycles. The van der Waals surface area contributed by atoms with Gasteiger partial charge in [0.1, 0.15) is 6.10 Å². The molecule has 1 aliphatic rings. The van der Waals surface area contributed by atoms with Crippen LogP contribution in [0.3, 0.4) is 0 Å². The van der Waals surface area contributed by atoms with Gasteiger partial charge in [-0.25, -0.2) is 0 Å². The molecule has 76 valence electrons. The zero-order valence-electron chi connectivity index (χ0n) is 8.58. The lowest BCUT2D eigenvalue weighted by Gasteiger charge is -2.36. The molecule has 0 N–H and O–H groups in total. The Morgan fingerprint density at radius 3 is 1.77 bits per heavy atom. The van der Waals surface area contributed by atoms with E-state index in [9.17, 15) is 0 Å². The molecular weight excluding hydrogens is 168 g/mol. The van der Waals surface area contributed by atoms with Crippen LogP contribution < -0.4 is 0 Å². The molecule has 0 aromatic heterocycles. The highest BCUT2D eigenvalue weighted by molar-refractivity contribution is 5.07. The lowest BCUT2D eigenvalue weighted by atomic mass is 9.88. The normalized spacial score (nSPS) is 35.0. The summed E-state index contributed by atoms with van der Waals surface area (Å²) in [7, 11) is 5.08. The summed E-state index contributed by atoms with van der Waals surface area (Å²) in [5, 5.41) is 0. The lowest BCUT2D eigenvalue weighted by Crippen LogP contribution is -2.45. The Morgan fingerprint density at radius 1 is 1.00 bits per heavy atom. The van der Waals surface area contributed by atoms with Crippen LogP contribution >= 0.6 is 0 Å². The van der Waals surface area contributed by atoms with Gasteiger partial charge < -0.3 is 14.2 Å². The molecule has 3 nitrogen and oxygen atoms in total. The van der Waals surface area contributed by atoms with E-state index in [-0.39, 0.29) is 18.3 Å². The van der Waals surface area contributed by atoms with E-state index < -0.39 is 0 Å². The largest absolute Gasteiger partial charge is 0.378 e. The third-order valence-corrected chi connectivity index (χ3v) is 2.59. The van der Waals surface area contributed by atoms with Gasteiger partial charge in [0.2, 0.25) is 0 Å². The van der Waals surface area contributed by atoms with Gasteiger partial charge in [0.15, 0.2) is 0 Å². The maximum atomic E-state index is 5.36. The smallest absolute Gasteiger partial charge is 0.110 e. The Morgan fingerprint density at radius 2 is 1.46 bits per heavy atom. The lowest BCUT2D eigenvalue weighted by molar-refractivity contribution is -0.117. The van der Waals surface area contributed by atoms with Gasteiger partial charge in [-0.1, -0.05) is 12.2 Å². The van der Waals surface area contributed by atoms with Crippen LogP contribution in [0.25, 0.3) is 0 Å². The molecule has 0 aromatic rings. The minimum Gasteiger partial charge on any atom is -0.378 e. The molecule has 0 heterocycles. The molecule has 3 heteroatoms. The van der Waals surface area contributed by atoms with Crippen molar-refractivity contribution in [1.82, 2.24) is 0 Å². The zero-order chi connectivity index (χ0) is 9.84. The second-order valence-corrected chi connectivity index (χ2v) is 3.41. The Hall–Kier alpha value is -0.380. The van der Waals surface area contributed by atoms with Crippen LogP contribution in [0.5, 0.6) is 0 Å². The minimum absolute atomic E-state index is 0.0282. The average Bonchev–Trinajstić information content (AvgIpc) is 2.16. The van der Waals surface area contributed by atoms with E-state index in [1.54, 1.807) is 21.3 Å². The van der Waals surface area contributed by atoms with E-state index in [1.807, 2.05) is 0 Å². The average molecular weight is 186 g/mol. The third kappa shape index (κ3) is 2.30. The molecule has 0 spiro atoms. The predicted molar refractivity (Wildman–Crippen MR) is 50.8 cm³/mol. The second kappa shape index (κ2) is 4.74. The molecule has 1 rings (SSSR count). The summed E-state index contributed by atoms with van der Waals surface area (Å²) in [6.07, 6.45) is 1.93. The van der Waals surface area contributed by atoms with E-state index in [1.165, 1.54) is 5.57 Å². The van der Waals surface area contributed by atoms with Crippen LogP contribution in [0.2, 0.25) is 0 Å². The van der Waals surface area contributed by atoms with Crippen molar-refractivity contribution in [3.05, 3.63) is 12.2 Å². The van der Waals surface area contributed by atoms with Crippen LogP contribution in [-0.2, 0) is 14.2 Å². The van der Waals surface area contributed by atoms with Crippen molar-refractivity contribution in [3.63, 3.8) is 0 Å². The molecule has 2 unspecified atom stereocenters. The summed E-state index contributed by atoms with van der Waals surface area (Å²) >= 11 is 0. The number of rotatable bonds is 3. The van der Waals surface area contributed by atoms with Crippen LogP contribution in [0.4, 0.5) is 0 Å². The first-order valence-electron chi connectivity index (χ1n) is 4.48. The maximum absolute atomic E-state index is 5.36. The molecule has 0 bridgehead atoms. The fraction of sp³-hybridized carbons (Fsp3) is 0.800. The van der Waals surface area contributed by atoms with Gasteiger partial charge in [0.05, 0.1) is 12.2 Å². The van der Waals surface area contributed by atoms with E-state index in [0.29, 0.717) is 0 Å². The standard InChI is InChI=1S/C10H18O3/c1-7-5-8(11-2)10(13-4)9(6-7)12-3/h8-10H,1,5-6H2,2-4H3. The van der Waals surface area contributed by atoms with Crippen molar-refractivity contribution in [2.24, 2.45) is 0 Å². The number of hydrogen-bond donors (Lipinski definition) is 0. The van der Waals surface area contributed by atoms with Gasteiger partial charge in [-0.2, -0.15) is 0 Å². The van der Waals surface area contributed by atoms with Crippen LogP contribution in [0.1, 0.15) is 12.8 Å². The molecular formula is C10H18O3. The highest BCUT2D eigenvalue weighted by Crippen LogP contribution is 2.28. The fourth-order valence-corrected chi connectivity index (χ4v) is 1.86. The predicted octanol–water partition coefficient (Wildman–Crippen LogP) is 1.38. The molecule has 13 heavy (non-hydrogen) atoms. The first-order valence-corrected chi connectivity index (χ1v) is 4.48. The van der Waals surface area contributed by atoms with Gasteiger partial charge in [0.25, 0.3) is 0 Å². The van der Waals surface area contributed by atoms with Gasteiger partial charge in [-0.3, -0.25) is 0 Å². The Bertz CT molecular complexity index is 163. The summed E-state index contributed by atoms with van der Waals surface area (Å²) < 4.78 is 16.0. The molecule has 0 radical (unpaired) electrons. The van der Waals surface area contributed by atoms with Crippen LogP contribution in [0, 0.1) is 0 Å². The van der Waals surface area contributed by atoms with Crippen LogP contribution in [0.15, 0.2) is 12.2 Å². The molecule has 1 fully saturated rings. The summed E-state index contributed by atoms with van der Waals surface area (Å²) in [5.74, 6) is 0. The summed E-state index contributed by atoms with van der Waals surface area (Å²) in [5.41, 5.74) is 1.17. The summed E-state index contributed by atoms with van der Waals surface area (Å²) in [6, 6.07) is 0. The molecule has 0 aromatic carbocycles. The van der Waals surface area contributed by atoms with Gasteiger partial charge >= 0.3 is 0 Å². The first kappa shape index (κ1) is 10.7. The SMILES string of the molecule is C=C1CC(OC)C(OC)C(OC)C1. The topological polar surface area (TPSA) is 27.7 Å². The number of ether oxygens (including phenoxy) is 3. The van der Waals surface area contributed by atoms with Crippen molar-refractivity contribution >= 4 is 0 Å². The zero-order valence-corrected chi connectivity index (χ0v) is 8.58. The fourth-order valence-electron chi connectivity index (χ4n) is 1.86. The molecule has 1 aliphatic carbocycles. The minimum atomic E-state index is 0.0282. The Labute approximate surface area is 79.7 Å². The van der Waals surface area contributed by atoms with Gasteiger partial charge in [-0.05, 0) is 12.8 Å². The summed E-state index contributed by atoms with van der Waals surface area (Å²) in [6.45, 7) is 3.96. The van der Waals surface area contributed by atoms with Crippen molar-refractivity contribution in [2.75, 3.05) is 21.3 Å². The van der Waals surface area contributed by atoms with Crippen molar-refractivity contribution < 1.29 is 14.2 Å². The van der Waals surface area contributed by atoms with Gasteiger partial charge in [0, 0.05) is 21.3 Å². The van der Waals surface area contributed by atoms with E-state index in [0.717, 1.165) is 12.8 Å². The van der Waals surface area contributed by atoms with Crippen molar-refractivity contribution in [1.29, 1.82) is 0 Å². The third-order valence-electron chi connectivity index (χ3n) is 2.59. The number of hydrogen-bond acceptors (Lipinski definition) is 3. The van der Waals surface area contributed by atoms with E-state index in [2.05, 4.69) is 6.58 Å². The second-order valence-electron chi connectivity index (χ2n) is 3.41. The highest BCUT2D eigenvalue weighted by atomic mass is 16.6. The quantitative estimate of drug-likeness (QED) is 0.623. The molecule has 2 atom stereocenters. The number of methoxy groups -OCH3 is 3. The summed E-state index contributed by atoms with van der Waals surface area (Å²) in [4.78, 5) is 0. The van der Waals surface area contributed by atoms with Crippen LogP contribution in [-0.4, -0.2) is 39.6 Å². The van der Waals surface area contributed by atoms with Gasteiger partial charge in [-0.15, -0.1) is 0 Å². The Kier molecular flexibility index (Phi) is 3.90. The molecule has 0 saturated heterocycles. The van der Waals surface area contributed by atoms with E-state index >= 15 is 0 Å².